The van der Waals surface area contributed by atoms with Crippen LogP contribution in [0.15, 0.2) is 29.6 Å². The number of halogens is 1. The molecule has 2 rings (SSSR count). The highest BCUT2D eigenvalue weighted by molar-refractivity contribution is 7.09. The molecule has 1 aromatic carbocycles. The van der Waals surface area contributed by atoms with Gasteiger partial charge in [-0.25, -0.2) is 4.98 Å². The standard InChI is InChI=1S/C16H21ClN2O2S/c17-14-4-2-13(3-5-14)10-16-18-15(12-22-16)11-19(7-9-21)6-1-8-20/h2-5,12,20-21H,1,6-11H2. The molecule has 0 saturated heterocycles. The molecule has 0 spiro atoms. The summed E-state index contributed by atoms with van der Waals surface area (Å²) in [6, 6.07) is 7.82. The van der Waals surface area contributed by atoms with Gasteiger partial charge in [-0.05, 0) is 24.1 Å². The summed E-state index contributed by atoms with van der Waals surface area (Å²) >= 11 is 7.54. The number of aliphatic hydroxyl groups excluding tert-OH is 2. The van der Waals surface area contributed by atoms with Crippen molar-refractivity contribution in [2.24, 2.45) is 0 Å². The molecule has 120 valence electrons. The zero-order valence-corrected chi connectivity index (χ0v) is 14.0. The van der Waals surface area contributed by atoms with Crippen LogP contribution in [-0.2, 0) is 13.0 Å². The molecular formula is C16H21ClN2O2S. The van der Waals surface area contributed by atoms with E-state index in [-0.39, 0.29) is 13.2 Å². The summed E-state index contributed by atoms with van der Waals surface area (Å²) in [6.45, 7) is 2.36. The van der Waals surface area contributed by atoms with Gasteiger partial charge < -0.3 is 10.2 Å². The molecule has 0 amide bonds. The van der Waals surface area contributed by atoms with E-state index in [0.29, 0.717) is 19.5 Å². The minimum atomic E-state index is 0.118. The highest BCUT2D eigenvalue weighted by atomic mass is 35.5. The number of aromatic nitrogens is 1. The van der Waals surface area contributed by atoms with E-state index in [1.165, 1.54) is 5.56 Å². The molecule has 0 atom stereocenters. The monoisotopic (exact) mass is 340 g/mol. The average Bonchev–Trinajstić information content (AvgIpc) is 2.94. The molecule has 0 aliphatic rings. The summed E-state index contributed by atoms with van der Waals surface area (Å²) in [5.74, 6) is 0. The molecule has 0 unspecified atom stereocenters. The predicted molar refractivity (Wildman–Crippen MR) is 90.4 cm³/mol. The summed E-state index contributed by atoms with van der Waals surface area (Å²) in [4.78, 5) is 6.77. The lowest BCUT2D eigenvalue weighted by molar-refractivity contribution is 0.173. The molecule has 0 fully saturated rings. The third-order valence-electron chi connectivity index (χ3n) is 3.30. The third-order valence-corrected chi connectivity index (χ3v) is 4.45. The van der Waals surface area contributed by atoms with Crippen molar-refractivity contribution in [1.82, 2.24) is 9.88 Å². The first-order valence-electron chi connectivity index (χ1n) is 7.33. The Morgan fingerprint density at radius 2 is 1.86 bits per heavy atom. The molecule has 1 heterocycles. The summed E-state index contributed by atoms with van der Waals surface area (Å²) < 4.78 is 0. The highest BCUT2D eigenvalue weighted by Crippen LogP contribution is 2.17. The second kappa shape index (κ2) is 9.22. The van der Waals surface area contributed by atoms with E-state index in [9.17, 15) is 0 Å². The number of hydrogen-bond acceptors (Lipinski definition) is 5. The molecule has 0 radical (unpaired) electrons. The third kappa shape index (κ3) is 5.66. The smallest absolute Gasteiger partial charge is 0.0972 e. The number of nitrogens with zero attached hydrogens (tertiary/aromatic N) is 2. The highest BCUT2D eigenvalue weighted by Gasteiger charge is 2.09. The second-order valence-corrected chi connectivity index (χ2v) is 6.49. The van der Waals surface area contributed by atoms with Crippen molar-refractivity contribution in [2.75, 3.05) is 26.3 Å². The van der Waals surface area contributed by atoms with Gasteiger partial charge in [-0.2, -0.15) is 0 Å². The van der Waals surface area contributed by atoms with Gasteiger partial charge in [0.1, 0.15) is 0 Å². The van der Waals surface area contributed by atoms with Gasteiger partial charge in [0.15, 0.2) is 0 Å². The van der Waals surface area contributed by atoms with Crippen LogP contribution in [0.5, 0.6) is 0 Å². The van der Waals surface area contributed by atoms with Gasteiger partial charge in [0.05, 0.1) is 17.3 Å². The van der Waals surface area contributed by atoms with Gasteiger partial charge in [-0.15, -0.1) is 11.3 Å². The lowest BCUT2D eigenvalue weighted by Crippen LogP contribution is -2.28. The number of aliphatic hydroxyl groups is 2. The van der Waals surface area contributed by atoms with Crippen LogP contribution in [0.25, 0.3) is 0 Å². The Hall–Kier alpha value is -0.980. The zero-order chi connectivity index (χ0) is 15.8. The minimum Gasteiger partial charge on any atom is -0.396 e. The number of hydrogen-bond donors (Lipinski definition) is 2. The van der Waals surface area contributed by atoms with Crippen molar-refractivity contribution in [1.29, 1.82) is 0 Å². The Balaban J connectivity index is 1.93. The molecule has 0 aliphatic carbocycles. The largest absolute Gasteiger partial charge is 0.396 e. The quantitative estimate of drug-likeness (QED) is 0.736. The van der Waals surface area contributed by atoms with Crippen molar-refractivity contribution >= 4 is 22.9 Å². The minimum absolute atomic E-state index is 0.118. The normalized spacial score (nSPS) is 11.3. The molecule has 0 aliphatic heterocycles. The first-order valence-corrected chi connectivity index (χ1v) is 8.59. The van der Waals surface area contributed by atoms with Crippen molar-refractivity contribution in [3.8, 4) is 0 Å². The number of thiazole rings is 1. The van der Waals surface area contributed by atoms with Gasteiger partial charge in [-0.1, -0.05) is 23.7 Å². The van der Waals surface area contributed by atoms with E-state index in [0.717, 1.165) is 28.7 Å². The average molecular weight is 341 g/mol. The van der Waals surface area contributed by atoms with Gasteiger partial charge >= 0.3 is 0 Å². The van der Waals surface area contributed by atoms with E-state index in [1.54, 1.807) is 11.3 Å². The molecular weight excluding hydrogens is 320 g/mol. The molecule has 2 aromatic rings. The summed E-state index contributed by atoms with van der Waals surface area (Å²) in [7, 11) is 0. The maximum absolute atomic E-state index is 9.10. The fraction of sp³-hybridized carbons (Fsp3) is 0.438. The Bertz CT molecular complexity index is 560. The molecule has 0 saturated carbocycles. The zero-order valence-electron chi connectivity index (χ0n) is 12.4. The summed E-state index contributed by atoms with van der Waals surface area (Å²) in [5.41, 5.74) is 2.21. The van der Waals surface area contributed by atoms with Crippen LogP contribution in [-0.4, -0.2) is 46.4 Å². The van der Waals surface area contributed by atoms with Gasteiger partial charge in [0.25, 0.3) is 0 Å². The van der Waals surface area contributed by atoms with E-state index < -0.39 is 0 Å². The Kier molecular flexibility index (Phi) is 7.29. The van der Waals surface area contributed by atoms with Crippen molar-refractivity contribution < 1.29 is 10.2 Å². The van der Waals surface area contributed by atoms with Crippen molar-refractivity contribution in [2.45, 2.75) is 19.4 Å². The number of benzene rings is 1. The SMILES string of the molecule is OCCCN(CCO)Cc1csc(Cc2ccc(Cl)cc2)n1. The fourth-order valence-electron chi connectivity index (χ4n) is 2.21. The van der Waals surface area contributed by atoms with Crippen LogP contribution in [0, 0.1) is 0 Å². The van der Waals surface area contributed by atoms with Gasteiger partial charge in [0, 0.05) is 43.1 Å². The Labute approximate surface area is 140 Å². The van der Waals surface area contributed by atoms with Crippen LogP contribution < -0.4 is 0 Å². The molecule has 22 heavy (non-hydrogen) atoms. The van der Waals surface area contributed by atoms with Crippen molar-refractivity contribution in [3.63, 3.8) is 0 Å². The van der Waals surface area contributed by atoms with Crippen LogP contribution >= 0.6 is 22.9 Å². The first kappa shape index (κ1) is 17.4. The van der Waals surface area contributed by atoms with Crippen LogP contribution in [0.4, 0.5) is 0 Å². The fourth-order valence-corrected chi connectivity index (χ4v) is 3.16. The Morgan fingerprint density at radius 3 is 2.55 bits per heavy atom. The second-order valence-electron chi connectivity index (χ2n) is 5.11. The molecule has 6 heteroatoms. The lowest BCUT2D eigenvalue weighted by Gasteiger charge is -2.19. The predicted octanol–water partition coefficient (Wildman–Crippen LogP) is 2.56. The molecule has 4 nitrogen and oxygen atoms in total. The molecule has 2 N–H and O–H groups in total. The maximum atomic E-state index is 9.10. The Morgan fingerprint density at radius 1 is 1.09 bits per heavy atom. The summed E-state index contributed by atoms with van der Waals surface area (Å²) in [5, 5.41) is 21.9. The van der Waals surface area contributed by atoms with E-state index in [2.05, 4.69) is 15.3 Å². The van der Waals surface area contributed by atoms with Gasteiger partial charge in [0.2, 0.25) is 0 Å². The molecule has 0 bridgehead atoms. The summed E-state index contributed by atoms with van der Waals surface area (Å²) in [6.07, 6.45) is 1.51. The van der Waals surface area contributed by atoms with E-state index >= 15 is 0 Å². The van der Waals surface area contributed by atoms with E-state index in [4.69, 9.17) is 21.8 Å². The van der Waals surface area contributed by atoms with Crippen LogP contribution in [0.1, 0.15) is 22.7 Å². The van der Waals surface area contributed by atoms with Crippen LogP contribution in [0.2, 0.25) is 5.02 Å². The first-order chi connectivity index (χ1) is 10.7. The van der Waals surface area contributed by atoms with E-state index in [1.807, 2.05) is 24.3 Å². The topological polar surface area (TPSA) is 56.6 Å². The van der Waals surface area contributed by atoms with Crippen molar-refractivity contribution in [3.05, 3.63) is 50.9 Å². The number of rotatable bonds is 9. The molecule has 1 aromatic heterocycles. The maximum Gasteiger partial charge on any atom is 0.0972 e. The van der Waals surface area contributed by atoms with Gasteiger partial charge in [-0.3, -0.25) is 4.90 Å². The lowest BCUT2D eigenvalue weighted by atomic mass is 10.2. The van der Waals surface area contributed by atoms with Crippen LogP contribution in [0.3, 0.4) is 0 Å².